The molecular weight excluding hydrogens is 407 g/mol. The topological polar surface area (TPSA) is 52.2 Å². The standard InChI is InChI=1S/C22H24ClFN4O2/c1-25-17-11-18(27-9-3-6-22(13-27)7-8-22)28(19(17)20(29)26(2)21(25)30)12-14-10-15(24)4-5-16(14)23/h4-5,10-11H,3,6-9,12-13H2,1-2H3. The van der Waals surface area contributed by atoms with Crippen LogP contribution in [0.5, 0.6) is 0 Å². The minimum absolute atomic E-state index is 0.256. The van der Waals surface area contributed by atoms with Gasteiger partial charge >= 0.3 is 5.69 Å². The molecule has 6 nitrogen and oxygen atoms in total. The van der Waals surface area contributed by atoms with Gasteiger partial charge < -0.3 is 9.47 Å². The van der Waals surface area contributed by atoms with Crippen LogP contribution in [0.15, 0.2) is 33.9 Å². The molecule has 1 saturated carbocycles. The van der Waals surface area contributed by atoms with Gasteiger partial charge in [0.05, 0.1) is 12.1 Å². The Hall–Kier alpha value is -2.54. The molecule has 0 N–H and O–H groups in total. The normalized spacial score (nSPS) is 17.8. The second-order valence-corrected chi connectivity index (χ2v) is 9.20. The van der Waals surface area contributed by atoms with Crippen LogP contribution in [0.25, 0.3) is 11.0 Å². The maximum Gasteiger partial charge on any atom is 0.331 e. The molecule has 0 bridgehead atoms. The van der Waals surface area contributed by atoms with E-state index in [9.17, 15) is 14.0 Å². The lowest BCUT2D eigenvalue weighted by Gasteiger charge is -2.35. The predicted molar refractivity (Wildman–Crippen MR) is 116 cm³/mol. The number of benzene rings is 1. The fourth-order valence-corrected chi connectivity index (χ4v) is 5.00. The van der Waals surface area contributed by atoms with E-state index in [1.807, 2.05) is 10.6 Å². The molecule has 30 heavy (non-hydrogen) atoms. The van der Waals surface area contributed by atoms with E-state index in [4.69, 9.17) is 11.6 Å². The molecule has 5 rings (SSSR count). The van der Waals surface area contributed by atoms with E-state index in [1.165, 1.54) is 49.1 Å². The highest BCUT2D eigenvalue weighted by molar-refractivity contribution is 6.31. The average molecular weight is 431 g/mol. The maximum absolute atomic E-state index is 13.9. The first-order valence-electron chi connectivity index (χ1n) is 10.3. The second kappa shape index (κ2) is 6.74. The van der Waals surface area contributed by atoms with Crippen molar-refractivity contribution in [1.82, 2.24) is 13.7 Å². The van der Waals surface area contributed by atoms with Crippen molar-refractivity contribution in [2.75, 3.05) is 18.0 Å². The quantitative estimate of drug-likeness (QED) is 0.641. The summed E-state index contributed by atoms with van der Waals surface area (Å²) in [7, 11) is 3.16. The summed E-state index contributed by atoms with van der Waals surface area (Å²) >= 11 is 6.35. The third-order valence-electron chi connectivity index (χ3n) is 6.78. The summed E-state index contributed by atoms with van der Waals surface area (Å²) in [6, 6.07) is 6.19. The van der Waals surface area contributed by atoms with Crippen LogP contribution >= 0.6 is 11.6 Å². The van der Waals surface area contributed by atoms with E-state index in [0.717, 1.165) is 29.9 Å². The average Bonchev–Trinajstić information content (AvgIpc) is 3.35. The summed E-state index contributed by atoms with van der Waals surface area (Å²) < 4.78 is 18.4. The van der Waals surface area contributed by atoms with Crippen LogP contribution in [0.1, 0.15) is 31.2 Å². The zero-order chi connectivity index (χ0) is 21.2. The minimum atomic E-state index is -0.373. The lowest BCUT2D eigenvalue weighted by Crippen LogP contribution is -2.38. The molecular formula is C22H24ClFN4O2. The summed E-state index contributed by atoms with van der Waals surface area (Å²) in [5.74, 6) is 0.511. The first-order valence-corrected chi connectivity index (χ1v) is 10.7. The lowest BCUT2D eigenvalue weighted by atomic mass is 9.95. The zero-order valence-electron chi connectivity index (χ0n) is 17.1. The highest BCUT2D eigenvalue weighted by Gasteiger charge is 2.46. The number of hydrogen-bond acceptors (Lipinski definition) is 3. The Morgan fingerprint density at radius 1 is 1.10 bits per heavy atom. The number of anilines is 1. The first kappa shape index (κ1) is 19.4. The Morgan fingerprint density at radius 2 is 1.87 bits per heavy atom. The molecule has 1 saturated heterocycles. The maximum atomic E-state index is 13.9. The number of halogens is 2. The highest BCUT2D eigenvalue weighted by Crippen LogP contribution is 2.52. The number of aromatic nitrogens is 3. The molecule has 1 aliphatic carbocycles. The van der Waals surface area contributed by atoms with Crippen LogP contribution in [-0.2, 0) is 20.6 Å². The number of rotatable bonds is 3. The third-order valence-corrected chi connectivity index (χ3v) is 7.14. The fraction of sp³-hybridized carbons (Fsp3) is 0.455. The van der Waals surface area contributed by atoms with Crippen molar-refractivity contribution in [2.24, 2.45) is 19.5 Å². The number of fused-ring (bicyclic) bond motifs is 1. The van der Waals surface area contributed by atoms with Crippen LogP contribution in [-0.4, -0.2) is 26.8 Å². The molecule has 1 aromatic carbocycles. The van der Waals surface area contributed by atoms with Crippen LogP contribution in [0.2, 0.25) is 5.02 Å². The van der Waals surface area contributed by atoms with Crippen LogP contribution < -0.4 is 16.1 Å². The predicted octanol–water partition coefficient (Wildman–Crippen LogP) is 3.26. The van der Waals surface area contributed by atoms with Gasteiger partial charge in [0, 0.05) is 38.3 Å². The van der Waals surface area contributed by atoms with Crippen molar-refractivity contribution < 1.29 is 4.39 Å². The van der Waals surface area contributed by atoms with Gasteiger partial charge in [-0.2, -0.15) is 0 Å². The Kier molecular flexibility index (Phi) is 4.36. The van der Waals surface area contributed by atoms with E-state index >= 15 is 0 Å². The van der Waals surface area contributed by atoms with E-state index in [1.54, 1.807) is 7.05 Å². The van der Waals surface area contributed by atoms with E-state index in [2.05, 4.69) is 4.90 Å². The monoisotopic (exact) mass is 430 g/mol. The Bertz CT molecular complexity index is 1290. The molecule has 8 heteroatoms. The van der Waals surface area contributed by atoms with Gasteiger partial charge in [-0.15, -0.1) is 0 Å². The lowest BCUT2D eigenvalue weighted by molar-refractivity contribution is 0.391. The number of piperidine rings is 1. The van der Waals surface area contributed by atoms with E-state index in [-0.39, 0.29) is 23.6 Å². The van der Waals surface area contributed by atoms with Gasteiger partial charge in [0.25, 0.3) is 5.56 Å². The van der Waals surface area contributed by atoms with Gasteiger partial charge in [-0.1, -0.05) is 11.6 Å². The zero-order valence-corrected chi connectivity index (χ0v) is 17.9. The van der Waals surface area contributed by atoms with E-state index < -0.39 is 0 Å². The molecule has 158 valence electrons. The SMILES string of the molecule is Cn1c(=O)c2c(cc(N3CCCC4(CC4)C3)n2Cc2cc(F)ccc2Cl)n(C)c1=O. The van der Waals surface area contributed by atoms with Crippen molar-refractivity contribution in [3.63, 3.8) is 0 Å². The van der Waals surface area contributed by atoms with Crippen molar-refractivity contribution in [2.45, 2.75) is 32.2 Å². The van der Waals surface area contributed by atoms with E-state index in [0.29, 0.717) is 27.0 Å². The highest BCUT2D eigenvalue weighted by atomic mass is 35.5. The Balaban J connectivity index is 1.74. The molecule has 3 aromatic rings. The van der Waals surface area contributed by atoms with Gasteiger partial charge in [-0.3, -0.25) is 13.9 Å². The van der Waals surface area contributed by atoms with Crippen molar-refractivity contribution in [1.29, 1.82) is 0 Å². The summed E-state index contributed by atoms with van der Waals surface area (Å²) in [6.07, 6.45) is 4.80. The fourth-order valence-electron chi connectivity index (χ4n) is 4.82. The molecule has 2 aromatic heterocycles. The van der Waals surface area contributed by atoms with Crippen molar-refractivity contribution in [3.8, 4) is 0 Å². The summed E-state index contributed by atoms with van der Waals surface area (Å²) in [6.45, 7) is 2.09. The molecule has 0 atom stereocenters. The molecule has 0 amide bonds. The second-order valence-electron chi connectivity index (χ2n) is 8.79. The van der Waals surface area contributed by atoms with Gasteiger partial charge in [0.15, 0.2) is 0 Å². The smallest absolute Gasteiger partial charge is 0.331 e. The van der Waals surface area contributed by atoms with Gasteiger partial charge in [-0.05, 0) is 54.9 Å². The number of nitrogens with zero attached hydrogens (tertiary/aromatic N) is 4. The van der Waals surface area contributed by atoms with Crippen molar-refractivity contribution in [3.05, 3.63) is 61.5 Å². The molecule has 0 unspecified atom stereocenters. The molecule has 2 fully saturated rings. The molecule has 3 heterocycles. The summed E-state index contributed by atoms with van der Waals surface area (Å²) in [5, 5.41) is 0.447. The first-order chi connectivity index (χ1) is 14.3. The Morgan fingerprint density at radius 3 is 2.60 bits per heavy atom. The van der Waals surface area contributed by atoms with Gasteiger partial charge in [-0.25, -0.2) is 9.18 Å². The molecule has 1 aliphatic heterocycles. The van der Waals surface area contributed by atoms with Crippen LogP contribution in [0.4, 0.5) is 10.2 Å². The Labute approximate surface area is 178 Å². The van der Waals surface area contributed by atoms with Gasteiger partial charge in [0.2, 0.25) is 0 Å². The largest absolute Gasteiger partial charge is 0.357 e. The minimum Gasteiger partial charge on any atom is -0.357 e. The summed E-state index contributed by atoms with van der Waals surface area (Å²) in [4.78, 5) is 27.9. The summed E-state index contributed by atoms with van der Waals surface area (Å²) in [5.41, 5.74) is 1.28. The number of hydrogen-bond donors (Lipinski definition) is 0. The molecule has 2 aliphatic rings. The van der Waals surface area contributed by atoms with Crippen molar-refractivity contribution >= 4 is 28.5 Å². The van der Waals surface area contributed by atoms with Crippen LogP contribution in [0.3, 0.4) is 0 Å². The molecule has 1 spiro atoms. The molecule has 0 radical (unpaired) electrons. The van der Waals surface area contributed by atoms with Gasteiger partial charge in [0.1, 0.15) is 17.2 Å². The van der Waals surface area contributed by atoms with Crippen LogP contribution in [0, 0.1) is 11.2 Å². The number of aryl methyl sites for hydroxylation is 1. The third kappa shape index (κ3) is 2.98.